The van der Waals surface area contributed by atoms with E-state index in [2.05, 4.69) is 4.98 Å². The first-order valence-corrected chi connectivity index (χ1v) is 15.5. The number of amides is 2. The van der Waals surface area contributed by atoms with Gasteiger partial charge < -0.3 is 19.1 Å². The molecule has 2 aliphatic heterocycles. The van der Waals surface area contributed by atoms with Gasteiger partial charge in [0.2, 0.25) is 11.8 Å². The van der Waals surface area contributed by atoms with Crippen LogP contribution in [0.3, 0.4) is 0 Å². The number of anilines is 1. The predicted molar refractivity (Wildman–Crippen MR) is 160 cm³/mol. The summed E-state index contributed by atoms with van der Waals surface area (Å²) in [7, 11) is 1.32. The minimum atomic E-state index is -4.59. The summed E-state index contributed by atoms with van der Waals surface area (Å²) < 4.78 is 46.2. The third kappa shape index (κ3) is 4.68. The fourth-order valence-electron chi connectivity index (χ4n) is 6.03. The minimum Gasteiger partial charge on any atom is -0.497 e. The summed E-state index contributed by atoms with van der Waals surface area (Å²) in [6.45, 7) is 2.65. The second kappa shape index (κ2) is 11.7. The van der Waals surface area contributed by atoms with Crippen LogP contribution in [0.25, 0.3) is 0 Å². The van der Waals surface area contributed by atoms with Crippen LogP contribution in [0, 0.1) is 0 Å². The molecule has 0 N–H and O–H groups in total. The van der Waals surface area contributed by atoms with Crippen molar-refractivity contribution in [3.05, 3.63) is 70.9 Å². The van der Waals surface area contributed by atoms with Crippen LogP contribution in [-0.2, 0) is 25.2 Å². The van der Waals surface area contributed by atoms with Crippen molar-refractivity contribution in [3.63, 3.8) is 0 Å². The number of sulfonamides is 1. The maximum absolute atomic E-state index is 15.2. The number of methoxy groups -OCH3 is 3. The molecule has 0 spiro atoms. The molecule has 0 bridgehead atoms. The first-order chi connectivity index (χ1) is 20.6. The second-order valence-electron chi connectivity index (χ2n) is 10.2. The highest BCUT2D eigenvalue weighted by atomic mass is 35.5. The number of carbonyl (C=O) groups excluding carboxylic acids is 2. The van der Waals surface area contributed by atoms with E-state index in [-0.39, 0.29) is 33.1 Å². The van der Waals surface area contributed by atoms with Crippen LogP contribution in [0.1, 0.15) is 30.9 Å². The molecule has 43 heavy (non-hydrogen) atoms. The number of likely N-dealkylation sites (N-methyl/N-ethyl adjacent to an activating group) is 1. The van der Waals surface area contributed by atoms with Crippen molar-refractivity contribution >= 4 is 39.1 Å². The molecule has 2 aromatic carbocycles. The number of pyridine rings is 1. The largest absolute Gasteiger partial charge is 0.497 e. The molecule has 1 saturated heterocycles. The first kappa shape index (κ1) is 30.6. The monoisotopic (exact) mass is 628 g/mol. The Morgan fingerprint density at radius 1 is 1.09 bits per heavy atom. The third-order valence-electron chi connectivity index (χ3n) is 8.12. The SMILES string of the molecule is CCN(C)C(=O)[C@@H]1CCCN1C1(c2cccnc2OC)C(=O)N(S(=O)(=O)c2ccc(OC)cc2OC)c2ccc(Cl)cc21. The molecule has 0 radical (unpaired) electrons. The van der Waals surface area contributed by atoms with Crippen LogP contribution in [0.5, 0.6) is 17.4 Å². The van der Waals surface area contributed by atoms with Crippen molar-refractivity contribution in [2.75, 3.05) is 45.8 Å². The zero-order valence-electron chi connectivity index (χ0n) is 24.5. The molecule has 0 aliphatic carbocycles. The third-order valence-corrected chi connectivity index (χ3v) is 10.1. The first-order valence-electron chi connectivity index (χ1n) is 13.7. The number of aromatic nitrogens is 1. The number of hydrogen-bond donors (Lipinski definition) is 0. The Hall–Kier alpha value is -3.87. The average Bonchev–Trinajstić information content (AvgIpc) is 3.60. The van der Waals surface area contributed by atoms with E-state index in [0.29, 0.717) is 42.8 Å². The van der Waals surface area contributed by atoms with Gasteiger partial charge >= 0.3 is 0 Å². The van der Waals surface area contributed by atoms with Crippen LogP contribution in [0.15, 0.2) is 59.6 Å². The van der Waals surface area contributed by atoms with E-state index in [1.54, 1.807) is 35.0 Å². The number of rotatable bonds is 9. The molecule has 228 valence electrons. The molecule has 1 fully saturated rings. The molecule has 2 aliphatic rings. The highest BCUT2D eigenvalue weighted by molar-refractivity contribution is 7.93. The molecule has 2 amide bonds. The van der Waals surface area contributed by atoms with Gasteiger partial charge in [0.25, 0.3) is 15.9 Å². The number of halogens is 1. The Labute approximate surface area is 256 Å². The molecule has 13 heteroatoms. The van der Waals surface area contributed by atoms with E-state index in [1.807, 2.05) is 6.92 Å². The molecule has 1 aromatic heterocycles. The van der Waals surface area contributed by atoms with Crippen molar-refractivity contribution in [1.29, 1.82) is 0 Å². The lowest BCUT2D eigenvalue weighted by atomic mass is 9.81. The fraction of sp³-hybridized carbons (Fsp3) is 0.367. The van der Waals surface area contributed by atoms with Crippen molar-refractivity contribution in [1.82, 2.24) is 14.8 Å². The summed E-state index contributed by atoms with van der Waals surface area (Å²) >= 11 is 6.54. The molecule has 2 atom stereocenters. The average molecular weight is 629 g/mol. The van der Waals surface area contributed by atoms with Gasteiger partial charge in [0, 0.05) is 48.5 Å². The lowest BCUT2D eigenvalue weighted by Gasteiger charge is -2.42. The lowest BCUT2D eigenvalue weighted by molar-refractivity contribution is -0.139. The number of carbonyl (C=O) groups is 2. The molecule has 1 unspecified atom stereocenters. The molecular formula is C30H33ClN4O7S. The van der Waals surface area contributed by atoms with E-state index in [9.17, 15) is 13.2 Å². The lowest BCUT2D eigenvalue weighted by Crippen LogP contribution is -2.59. The zero-order chi connectivity index (χ0) is 31.1. The standard InChI is InChI=1S/C30H33ClN4O7S/c1-6-33(2)28(36)24-10-8-16-34(24)30(21-9-7-15-32-27(21)42-5)22-17-19(31)11-13-23(22)35(29(30)37)43(38,39)26-14-12-20(40-3)18-25(26)41-4/h7,9,11-15,17-18,24H,6,8,10,16H2,1-5H3/t24-,30?/m0/s1. The Kier molecular flexibility index (Phi) is 8.30. The van der Waals surface area contributed by atoms with Crippen LogP contribution in [0.2, 0.25) is 5.02 Å². The predicted octanol–water partition coefficient (Wildman–Crippen LogP) is 3.68. The van der Waals surface area contributed by atoms with Crippen LogP contribution in [-0.4, -0.2) is 82.5 Å². The topological polar surface area (TPSA) is 119 Å². The van der Waals surface area contributed by atoms with Gasteiger partial charge in [-0.05, 0) is 62.2 Å². The van der Waals surface area contributed by atoms with Gasteiger partial charge in [-0.3, -0.25) is 14.5 Å². The molecule has 5 rings (SSSR count). The fourth-order valence-corrected chi connectivity index (χ4v) is 7.80. The zero-order valence-corrected chi connectivity index (χ0v) is 26.1. The van der Waals surface area contributed by atoms with Gasteiger partial charge in [0.15, 0.2) is 5.54 Å². The summed E-state index contributed by atoms with van der Waals surface area (Å²) in [6.07, 6.45) is 2.58. The van der Waals surface area contributed by atoms with Crippen molar-refractivity contribution in [2.45, 2.75) is 36.2 Å². The number of benzene rings is 2. The van der Waals surface area contributed by atoms with Gasteiger partial charge in [-0.15, -0.1) is 0 Å². The minimum absolute atomic E-state index is 0.00193. The quantitative estimate of drug-likeness (QED) is 0.350. The smallest absolute Gasteiger partial charge is 0.274 e. The summed E-state index contributed by atoms with van der Waals surface area (Å²) in [6, 6.07) is 11.4. The van der Waals surface area contributed by atoms with E-state index < -0.39 is 27.5 Å². The molecule has 11 nitrogen and oxygen atoms in total. The van der Waals surface area contributed by atoms with Crippen LogP contribution >= 0.6 is 11.6 Å². The number of hydrogen-bond acceptors (Lipinski definition) is 9. The normalized spacial score (nSPS) is 20.2. The van der Waals surface area contributed by atoms with E-state index in [4.69, 9.17) is 25.8 Å². The van der Waals surface area contributed by atoms with E-state index >= 15 is 4.79 Å². The molecule has 3 heterocycles. The number of fused-ring (bicyclic) bond motifs is 1. The van der Waals surface area contributed by atoms with Gasteiger partial charge in [0.1, 0.15) is 16.4 Å². The Bertz CT molecular complexity index is 1680. The van der Waals surface area contributed by atoms with Crippen molar-refractivity contribution in [2.24, 2.45) is 0 Å². The van der Waals surface area contributed by atoms with E-state index in [1.165, 1.54) is 57.9 Å². The van der Waals surface area contributed by atoms with Gasteiger partial charge in [-0.25, -0.2) is 17.7 Å². The Morgan fingerprint density at radius 2 is 1.86 bits per heavy atom. The van der Waals surface area contributed by atoms with Gasteiger partial charge in [-0.2, -0.15) is 0 Å². The highest BCUT2D eigenvalue weighted by Gasteiger charge is 2.63. The summed E-state index contributed by atoms with van der Waals surface area (Å²) in [4.78, 5) is 36.4. The van der Waals surface area contributed by atoms with Crippen LogP contribution < -0.4 is 18.5 Å². The van der Waals surface area contributed by atoms with Crippen molar-refractivity contribution in [3.8, 4) is 17.4 Å². The maximum Gasteiger partial charge on any atom is 0.274 e. The van der Waals surface area contributed by atoms with Gasteiger partial charge in [0.05, 0.1) is 33.1 Å². The molecule has 3 aromatic rings. The Morgan fingerprint density at radius 3 is 2.53 bits per heavy atom. The van der Waals surface area contributed by atoms with E-state index in [0.717, 1.165) is 4.31 Å². The van der Waals surface area contributed by atoms with Gasteiger partial charge in [-0.1, -0.05) is 11.6 Å². The van der Waals surface area contributed by atoms with Crippen molar-refractivity contribution < 1.29 is 32.2 Å². The highest BCUT2D eigenvalue weighted by Crippen LogP contribution is 2.55. The summed E-state index contributed by atoms with van der Waals surface area (Å²) in [5.74, 6) is -0.504. The molecule has 0 saturated carbocycles. The number of likely N-dealkylation sites (tertiary alicyclic amines) is 1. The maximum atomic E-state index is 15.2. The summed E-state index contributed by atoms with van der Waals surface area (Å²) in [5, 5.41) is 0.285. The van der Waals surface area contributed by atoms with Crippen LogP contribution in [0.4, 0.5) is 5.69 Å². The molecular weight excluding hydrogens is 596 g/mol. The Balaban J connectivity index is 1.84. The number of ether oxygens (including phenoxy) is 3. The number of nitrogens with zero attached hydrogens (tertiary/aromatic N) is 4. The second-order valence-corrected chi connectivity index (χ2v) is 12.4. The summed E-state index contributed by atoms with van der Waals surface area (Å²) in [5.41, 5.74) is -1.13.